The first-order valence-corrected chi connectivity index (χ1v) is 9.01. The number of nitrogens with zero attached hydrogens (tertiary/aromatic N) is 1. The smallest absolute Gasteiger partial charge is 0.410 e. The third-order valence-electron chi connectivity index (χ3n) is 3.95. The van der Waals surface area contributed by atoms with E-state index < -0.39 is 5.60 Å². The third-order valence-corrected chi connectivity index (χ3v) is 4.44. The van der Waals surface area contributed by atoms with Gasteiger partial charge in [-0.3, -0.25) is 4.79 Å². The zero-order chi connectivity index (χ0) is 18.2. The van der Waals surface area contributed by atoms with Crippen LogP contribution in [0.5, 0.6) is 5.75 Å². The van der Waals surface area contributed by atoms with Crippen LogP contribution in [0.15, 0.2) is 34.0 Å². The lowest BCUT2D eigenvalue weighted by atomic mass is 10.0. The van der Waals surface area contributed by atoms with Crippen molar-refractivity contribution in [1.29, 1.82) is 0 Å². The van der Waals surface area contributed by atoms with Crippen LogP contribution in [0.4, 0.5) is 10.5 Å². The maximum atomic E-state index is 12.4. The van der Waals surface area contributed by atoms with Gasteiger partial charge >= 0.3 is 6.09 Å². The molecule has 3 rings (SSSR count). The first-order chi connectivity index (χ1) is 11.7. The van der Waals surface area contributed by atoms with Crippen LogP contribution in [-0.2, 0) is 9.53 Å². The Morgan fingerprint density at radius 3 is 2.60 bits per heavy atom. The van der Waals surface area contributed by atoms with Crippen molar-refractivity contribution in [1.82, 2.24) is 4.90 Å². The molecule has 25 heavy (non-hydrogen) atoms. The van der Waals surface area contributed by atoms with Gasteiger partial charge in [0, 0.05) is 17.6 Å². The summed E-state index contributed by atoms with van der Waals surface area (Å²) < 4.78 is 12.1. The second-order valence-electron chi connectivity index (χ2n) is 7.10. The lowest BCUT2D eigenvalue weighted by Crippen LogP contribution is -2.41. The van der Waals surface area contributed by atoms with Gasteiger partial charge in [-0.15, -0.1) is 0 Å². The zero-order valence-corrected chi connectivity index (χ0v) is 16.1. The lowest BCUT2D eigenvalue weighted by Gasteiger charge is -2.32. The van der Waals surface area contributed by atoms with E-state index in [0.29, 0.717) is 43.1 Å². The van der Waals surface area contributed by atoms with E-state index in [4.69, 9.17) is 9.47 Å². The van der Waals surface area contributed by atoms with Crippen LogP contribution in [0.3, 0.4) is 0 Å². The van der Waals surface area contributed by atoms with E-state index in [1.54, 1.807) is 11.0 Å². The summed E-state index contributed by atoms with van der Waals surface area (Å²) in [5.41, 5.74) is 1.06. The van der Waals surface area contributed by atoms with E-state index in [1.807, 2.05) is 32.9 Å². The van der Waals surface area contributed by atoms with Crippen LogP contribution in [0, 0.1) is 0 Å². The molecule has 1 aromatic carbocycles. The number of hydrogen-bond acceptors (Lipinski definition) is 4. The number of anilines is 1. The van der Waals surface area contributed by atoms with E-state index >= 15 is 0 Å². The molecule has 2 aliphatic rings. The van der Waals surface area contributed by atoms with Gasteiger partial charge in [-0.2, -0.15) is 0 Å². The maximum Gasteiger partial charge on any atom is 0.410 e. The SMILES string of the molecule is CC(C)(C)OC(=O)N1CCC(=C2Oc3ccc(Br)cc3NC2=O)CC1. The van der Waals surface area contributed by atoms with Gasteiger partial charge in [-0.25, -0.2) is 4.79 Å². The fourth-order valence-electron chi connectivity index (χ4n) is 2.77. The fraction of sp³-hybridized carbons (Fsp3) is 0.444. The van der Waals surface area contributed by atoms with Gasteiger partial charge in [0.05, 0.1) is 5.69 Å². The first kappa shape index (κ1) is 17.8. The number of rotatable bonds is 0. The van der Waals surface area contributed by atoms with Crippen molar-refractivity contribution in [2.45, 2.75) is 39.2 Å². The molecular weight excluding hydrogens is 388 g/mol. The molecule has 2 aliphatic heterocycles. The standard InChI is InChI=1S/C18H21BrN2O4/c1-18(2,3)25-17(23)21-8-6-11(7-9-21)15-16(22)20-13-10-12(19)4-5-14(13)24-15/h4-5,10H,6-9H2,1-3H3,(H,20,22). The molecule has 0 bridgehead atoms. The number of likely N-dealkylation sites (tertiary alicyclic amines) is 1. The van der Waals surface area contributed by atoms with Crippen molar-refractivity contribution < 1.29 is 19.1 Å². The third kappa shape index (κ3) is 4.15. The minimum absolute atomic E-state index is 0.244. The van der Waals surface area contributed by atoms with Gasteiger partial charge in [-0.05, 0) is 57.4 Å². The fourth-order valence-corrected chi connectivity index (χ4v) is 3.13. The van der Waals surface area contributed by atoms with Crippen molar-refractivity contribution in [2.75, 3.05) is 18.4 Å². The monoisotopic (exact) mass is 408 g/mol. The largest absolute Gasteiger partial charge is 0.449 e. The van der Waals surface area contributed by atoms with Crippen LogP contribution in [0.25, 0.3) is 0 Å². The van der Waals surface area contributed by atoms with Gasteiger partial charge in [-0.1, -0.05) is 15.9 Å². The molecule has 0 radical (unpaired) electrons. The Labute approximate surface area is 155 Å². The highest BCUT2D eigenvalue weighted by molar-refractivity contribution is 9.10. The summed E-state index contributed by atoms with van der Waals surface area (Å²) in [5.74, 6) is 0.727. The van der Waals surface area contributed by atoms with E-state index in [2.05, 4.69) is 21.2 Å². The number of nitrogens with one attached hydrogen (secondary N) is 1. The Hall–Kier alpha value is -2.02. The Morgan fingerprint density at radius 1 is 1.28 bits per heavy atom. The summed E-state index contributed by atoms with van der Waals surface area (Å²) in [6, 6.07) is 5.48. The maximum absolute atomic E-state index is 12.4. The van der Waals surface area contributed by atoms with Crippen LogP contribution in [0.2, 0.25) is 0 Å². The molecule has 1 saturated heterocycles. The van der Waals surface area contributed by atoms with E-state index in [1.165, 1.54) is 0 Å². The Bertz CT molecular complexity index is 742. The quantitative estimate of drug-likeness (QED) is 0.657. The van der Waals surface area contributed by atoms with Gasteiger partial charge in [0.2, 0.25) is 0 Å². The molecule has 7 heteroatoms. The van der Waals surface area contributed by atoms with Gasteiger partial charge in [0.1, 0.15) is 5.60 Å². The van der Waals surface area contributed by atoms with Crippen LogP contribution >= 0.6 is 15.9 Å². The molecule has 1 aromatic rings. The molecule has 134 valence electrons. The molecule has 1 N–H and O–H groups in total. The number of hydrogen-bond donors (Lipinski definition) is 1. The number of ether oxygens (including phenoxy) is 2. The molecule has 0 spiro atoms. The van der Waals surface area contributed by atoms with Crippen LogP contribution in [0.1, 0.15) is 33.6 Å². The summed E-state index contributed by atoms with van der Waals surface area (Å²) in [6.45, 7) is 6.56. The zero-order valence-electron chi connectivity index (χ0n) is 14.5. The molecule has 0 aliphatic carbocycles. The Kier molecular flexibility index (Phi) is 4.77. The highest BCUT2D eigenvalue weighted by Crippen LogP contribution is 2.35. The van der Waals surface area contributed by atoms with Crippen molar-refractivity contribution in [3.8, 4) is 5.75 Å². The first-order valence-electron chi connectivity index (χ1n) is 8.21. The number of fused-ring (bicyclic) bond motifs is 1. The van der Waals surface area contributed by atoms with Gasteiger partial charge in [0.25, 0.3) is 5.91 Å². The number of carbonyl (C=O) groups excluding carboxylic acids is 2. The minimum atomic E-state index is -0.514. The number of amides is 2. The van der Waals surface area contributed by atoms with E-state index in [0.717, 1.165) is 10.0 Å². The highest BCUT2D eigenvalue weighted by atomic mass is 79.9. The number of benzene rings is 1. The second kappa shape index (κ2) is 6.71. The predicted molar refractivity (Wildman–Crippen MR) is 97.5 cm³/mol. The number of halogens is 1. The normalized spacial score (nSPS) is 17.6. The number of carbonyl (C=O) groups is 2. The summed E-state index contributed by atoms with van der Waals surface area (Å²) in [6.07, 6.45) is 0.864. The molecule has 0 unspecified atom stereocenters. The van der Waals surface area contributed by atoms with Crippen molar-refractivity contribution in [3.05, 3.63) is 34.0 Å². The van der Waals surface area contributed by atoms with Crippen molar-refractivity contribution in [2.24, 2.45) is 0 Å². The van der Waals surface area contributed by atoms with E-state index in [9.17, 15) is 9.59 Å². The Balaban J connectivity index is 1.70. The predicted octanol–water partition coefficient (Wildman–Crippen LogP) is 4.07. The summed E-state index contributed by atoms with van der Waals surface area (Å²) in [4.78, 5) is 26.2. The second-order valence-corrected chi connectivity index (χ2v) is 8.01. The highest BCUT2D eigenvalue weighted by Gasteiger charge is 2.30. The van der Waals surface area contributed by atoms with Gasteiger partial charge in [0.15, 0.2) is 11.5 Å². The molecule has 2 heterocycles. The molecule has 0 aromatic heterocycles. The van der Waals surface area contributed by atoms with Crippen LogP contribution in [-0.4, -0.2) is 35.6 Å². The van der Waals surface area contributed by atoms with E-state index in [-0.39, 0.29) is 12.0 Å². The molecule has 0 atom stereocenters. The molecule has 1 fully saturated rings. The summed E-state index contributed by atoms with van der Waals surface area (Å²) in [5, 5.41) is 2.86. The summed E-state index contributed by atoms with van der Waals surface area (Å²) >= 11 is 3.37. The summed E-state index contributed by atoms with van der Waals surface area (Å²) in [7, 11) is 0. The van der Waals surface area contributed by atoms with Crippen LogP contribution < -0.4 is 10.1 Å². The number of piperidine rings is 1. The molecule has 6 nitrogen and oxygen atoms in total. The average molecular weight is 409 g/mol. The molecular formula is C18H21BrN2O4. The lowest BCUT2D eigenvalue weighted by molar-refractivity contribution is -0.115. The average Bonchev–Trinajstić information content (AvgIpc) is 2.52. The Morgan fingerprint density at radius 2 is 1.96 bits per heavy atom. The van der Waals surface area contributed by atoms with Gasteiger partial charge < -0.3 is 19.7 Å². The molecule has 0 saturated carbocycles. The topological polar surface area (TPSA) is 67.9 Å². The van der Waals surface area contributed by atoms with Crippen molar-refractivity contribution in [3.63, 3.8) is 0 Å². The van der Waals surface area contributed by atoms with Crippen molar-refractivity contribution >= 4 is 33.6 Å². The molecule has 2 amide bonds. The minimum Gasteiger partial charge on any atom is -0.449 e.